The lowest BCUT2D eigenvalue weighted by Gasteiger charge is -2.26. The predicted octanol–water partition coefficient (Wildman–Crippen LogP) is 2.01. The van der Waals surface area contributed by atoms with Crippen LogP contribution in [-0.2, 0) is 22.6 Å². The number of carbonyl (C=O) groups excluding carboxylic acids is 2. The molecule has 0 radical (unpaired) electrons. The Labute approximate surface area is 159 Å². The molecule has 6 nitrogen and oxygen atoms in total. The lowest BCUT2D eigenvalue weighted by atomic mass is 9.84. The van der Waals surface area contributed by atoms with Gasteiger partial charge in [-0.2, -0.15) is 0 Å². The number of likely N-dealkylation sites (tertiary alicyclic amines) is 1. The second-order valence-electron chi connectivity index (χ2n) is 7.37. The molecule has 0 unspecified atom stereocenters. The number of amides is 2. The lowest BCUT2D eigenvalue weighted by Crippen LogP contribution is -2.42. The van der Waals surface area contributed by atoms with Gasteiger partial charge in [-0.05, 0) is 39.5 Å². The number of likely N-dealkylation sites (N-methyl/N-ethyl adjacent to an activating group) is 1. The van der Waals surface area contributed by atoms with Crippen LogP contribution in [0.4, 0.5) is 0 Å². The minimum atomic E-state index is -0.186. The molecule has 7 heteroatoms. The number of hydrogen-bond acceptors (Lipinski definition) is 5. The second-order valence-corrected chi connectivity index (χ2v) is 8.65. The lowest BCUT2D eigenvalue weighted by molar-refractivity contribution is -0.128. The van der Waals surface area contributed by atoms with Crippen LogP contribution in [0.3, 0.4) is 0 Å². The van der Waals surface area contributed by atoms with Gasteiger partial charge in [-0.3, -0.25) is 14.5 Å². The zero-order valence-corrected chi connectivity index (χ0v) is 16.8. The number of rotatable bonds is 7. The van der Waals surface area contributed by atoms with Gasteiger partial charge in [0.25, 0.3) is 0 Å². The molecule has 1 aromatic rings. The maximum atomic E-state index is 12.6. The highest BCUT2D eigenvalue weighted by molar-refractivity contribution is 7.11. The molecule has 0 spiro atoms. The van der Waals surface area contributed by atoms with Gasteiger partial charge in [0.05, 0.1) is 16.7 Å². The van der Waals surface area contributed by atoms with Gasteiger partial charge in [-0.15, -0.1) is 11.3 Å². The Morgan fingerprint density at radius 2 is 2.04 bits per heavy atom. The van der Waals surface area contributed by atoms with Gasteiger partial charge < -0.3 is 10.6 Å². The largest absolute Gasteiger partial charge is 0.355 e. The molecule has 2 fully saturated rings. The fraction of sp³-hybridized carbons (Fsp3) is 0.737. The fourth-order valence-electron chi connectivity index (χ4n) is 3.83. The van der Waals surface area contributed by atoms with Crippen LogP contribution in [0.1, 0.15) is 55.1 Å². The van der Waals surface area contributed by atoms with Crippen molar-refractivity contribution in [3.05, 3.63) is 15.6 Å². The molecule has 0 aromatic carbocycles. The summed E-state index contributed by atoms with van der Waals surface area (Å²) >= 11 is 1.71. The Morgan fingerprint density at radius 3 is 2.65 bits per heavy atom. The summed E-state index contributed by atoms with van der Waals surface area (Å²) in [6.07, 6.45) is 4.75. The molecule has 2 aliphatic rings. The van der Waals surface area contributed by atoms with Crippen LogP contribution in [0.15, 0.2) is 0 Å². The van der Waals surface area contributed by atoms with Crippen molar-refractivity contribution >= 4 is 23.2 Å². The average molecular weight is 379 g/mol. The van der Waals surface area contributed by atoms with Gasteiger partial charge in [0.15, 0.2) is 0 Å². The zero-order chi connectivity index (χ0) is 18.7. The molecule has 2 amide bonds. The van der Waals surface area contributed by atoms with Crippen LogP contribution < -0.4 is 10.6 Å². The van der Waals surface area contributed by atoms with E-state index in [1.807, 2.05) is 13.8 Å². The molecule has 1 saturated heterocycles. The van der Waals surface area contributed by atoms with E-state index in [4.69, 9.17) is 0 Å². The predicted molar refractivity (Wildman–Crippen MR) is 103 cm³/mol. The van der Waals surface area contributed by atoms with Crippen molar-refractivity contribution in [1.29, 1.82) is 0 Å². The molecule has 144 valence electrons. The van der Waals surface area contributed by atoms with Gasteiger partial charge >= 0.3 is 0 Å². The summed E-state index contributed by atoms with van der Waals surface area (Å²) in [7, 11) is 0. The average Bonchev–Trinajstić information content (AvgIpc) is 3.09. The van der Waals surface area contributed by atoms with Crippen molar-refractivity contribution in [1.82, 2.24) is 20.5 Å². The van der Waals surface area contributed by atoms with Crippen molar-refractivity contribution in [3.63, 3.8) is 0 Å². The molecule has 1 aliphatic heterocycles. The Morgan fingerprint density at radius 1 is 1.27 bits per heavy atom. The van der Waals surface area contributed by atoms with Crippen molar-refractivity contribution < 1.29 is 9.59 Å². The standard InChI is InChI=1S/C19H30N4O2S/c1-4-15-17(26-12(3)21-15)11-23-10-14(9-16(23)19(25)20-5-2)22-18(24)13-7-6-8-13/h13-14,16H,4-11H2,1-3H3,(H,20,25)(H,22,24)/t14-,16-/m0/s1. The fourth-order valence-corrected chi connectivity index (χ4v) is 4.88. The molecule has 1 aliphatic carbocycles. The van der Waals surface area contributed by atoms with Gasteiger partial charge in [-0.1, -0.05) is 13.3 Å². The van der Waals surface area contributed by atoms with Gasteiger partial charge in [-0.25, -0.2) is 4.98 Å². The minimum Gasteiger partial charge on any atom is -0.355 e. The molecule has 1 aromatic heterocycles. The van der Waals surface area contributed by atoms with Crippen molar-refractivity contribution in [2.45, 2.75) is 71.5 Å². The minimum absolute atomic E-state index is 0.0507. The highest BCUT2D eigenvalue weighted by atomic mass is 32.1. The first-order valence-electron chi connectivity index (χ1n) is 9.79. The second kappa shape index (κ2) is 8.48. The van der Waals surface area contributed by atoms with E-state index in [9.17, 15) is 9.59 Å². The van der Waals surface area contributed by atoms with Crippen LogP contribution in [0.5, 0.6) is 0 Å². The van der Waals surface area contributed by atoms with Crippen molar-refractivity contribution in [2.24, 2.45) is 5.92 Å². The Hall–Kier alpha value is -1.47. The molecule has 2 N–H and O–H groups in total. The third kappa shape index (κ3) is 4.26. The summed E-state index contributed by atoms with van der Waals surface area (Å²) in [4.78, 5) is 32.9. The molecule has 3 rings (SSSR count). The number of aromatic nitrogens is 1. The van der Waals surface area contributed by atoms with Crippen LogP contribution in [0.25, 0.3) is 0 Å². The van der Waals surface area contributed by atoms with Crippen LogP contribution in [0, 0.1) is 12.8 Å². The maximum absolute atomic E-state index is 12.6. The maximum Gasteiger partial charge on any atom is 0.237 e. The summed E-state index contributed by atoms with van der Waals surface area (Å²) in [5.74, 6) is 0.413. The van der Waals surface area contributed by atoms with Crippen molar-refractivity contribution in [3.8, 4) is 0 Å². The highest BCUT2D eigenvalue weighted by Gasteiger charge is 2.38. The smallest absolute Gasteiger partial charge is 0.237 e. The number of nitrogens with one attached hydrogen (secondary N) is 2. The quantitative estimate of drug-likeness (QED) is 0.761. The summed E-state index contributed by atoms with van der Waals surface area (Å²) in [6.45, 7) is 8.16. The third-order valence-electron chi connectivity index (χ3n) is 5.45. The van der Waals surface area contributed by atoms with Gasteiger partial charge in [0, 0.05) is 36.5 Å². The highest BCUT2D eigenvalue weighted by Crippen LogP contribution is 2.29. The van der Waals surface area contributed by atoms with E-state index >= 15 is 0 Å². The summed E-state index contributed by atoms with van der Waals surface area (Å²) in [6, 6.07) is -0.136. The van der Waals surface area contributed by atoms with Crippen LogP contribution in [-0.4, -0.2) is 46.9 Å². The normalized spacial score (nSPS) is 23.7. The monoisotopic (exact) mass is 378 g/mol. The van der Waals surface area contributed by atoms with Gasteiger partial charge in [0.2, 0.25) is 11.8 Å². The summed E-state index contributed by atoms with van der Waals surface area (Å²) in [5, 5.41) is 7.20. The first-order chi connectivity index (χ1) is 12.5. The molecule has 1 saturated carbocycles. The number of aryl methyl sites for hydroxylation is 2. The topological polar surface area (TPSA) is 74.3 Å². The van der Waals surface area contributed by atoms with Gasteiger partial charge in [0.1, 0.15) is 0 Å². The van der Waals surface area contributed by atoms with E-state index in [0.717, 1.165) is 49.5 Å². The SMILES string of the molecule is CCNC(=O)[C@@H]1C[C@H](NC(=O)C2CCC2)CN1Cc1sc(C)nc1CC. The van der Waals surface area contributed by atoms with E-state index in [2.05, 4.69) is 27.4 Å². The summed E-state index contributed by atoms with van der Waals surface area (Å²) < 4.78 is 0. The molecular weight excluding hydrogens is 348 g/mol. The first kappa shape index (κ1) is 19.3. The Bertz CT molecular complexity index is 656. The molecular formula is C19H30N4O2S. The zero-order valence-electron chi connectivity index (χ0n) is 16.0. The molecule has 2 atom stereocenters. The number of hydrogen-bond donors (Lipinski definition) is 2. The first-order valence-corrected chi connectivity index (χ1v) is 10.6. The van der Waals surface area contributed by atoms with E-state index < -0.39 is 0 Å². The summed E-state index contributed by atoms with van der Waals surface area (Å²) in [5.41, 5.74) is 1.13. The number of carbonyl (C=O) groups is 2. The number of nitrogens with zero attached hydrogens (tertiary/aromatic N) is 2. The van der Waals surface area contributed by atoms with E-state index in [-0.39, 0.29) is 29.8 Å². The Kier molecular flexibility index (Phi) is 6.29. The Balaban J connectivity index is 1.69. The van der Waals surface area contributed by atoms with Crippen molar-refractivity contribution in [2.75, 3.05) is 13.1 Å². The van der Waals surface area contributed by atoms with E-state index in [0.29, 0.717) is 13.0 Å². The van der Waals surface area contributed by atoms with Crippen LogP contribution >= 0.6 is 11.3 Å². The van der Waals surface area contributed by atoms with E-state index in [1.165, 1.54) is 4.88 Å². The molecule has 0 bridgehead atoms. The third-order valence-corrected chi connectivity index (χ3v) is 6.44. The number of thiazole rings is 1. The molecule has 26 heavy (non-hydrogen) atoms. The van der Waals surface area contributed by atoms with Crippen LogP contribution in [0.2, 0.25) is 0 Å². The molecule has 2 heterocycles. The van der Waals surface area contributed by atoms with E-state index in [1.54, 1.807) is 11.3 Å².